The van der Waals surface area contributed by atoms with Crippen molar-refractivity contribution in [3.05, 3.63) is 88.0 Å². The minimum absolute atomic E-state index is 0.00556. The number of carbonyl (C=O) groups excluding carboxylic acids is 3. The maximum atomic E-state index is 14.2. The molecule has 2 aromatic carbocycles. The van der Waals surface area contributed by atoms with Crippen LogP contribution in [0.2, 0.25) is 5.02 Å². The molecule has 4 heterocycles. The smallest absolute Gasteiger partial charge is 0.287 e. The van der Waals surface area contributed by atoms with Gasteiger partial charge in [-0.3, -0.25) is 19.5 Å². The van der Waals surface area contributed by atoms with Crippen LogP contribution in [-0.4, -0.2) is 47.1 Å². The van der Waals surface area contributed by atoms with Gasteiger partial charge in [0, 0.05) is 22.2 Å². The first-order valence-electron chi connectivity index (χ1n) is 11.5. The van der Waals surface area contributed by atoms with Crippen molar-refractivity contribution in [1.82, 2.24) is 40.0 Å². The number of amides is 3. The van der Waals surface area contributed by atoms with E-state index in [-0.39, 0.29) is 46.7 Å². The number of anilines is 1. The number of imidazole rings is 1. The number of aromatic amines is 1. The Morgan fingerprint density at radius 2 is 2.05 bits per heavy atom. The van der Waals surface area contributed by atoms with Gasteiger partial charge >= 0.3 is 0 Å². The lowest BCUT2D eigenvalue weighted by Crippen LogP contribution is -2.41. The first-order valence-corrected chi connectivity index (χ1v) is 12.7. The van der Waals surface area contributed by atoms with Crippen LogP contribution in [0.4, 0.5) is 10.2 Å². The molecule has 4 N–H and O–H groups in total. The average Bonchev–Trinajstić information content (AvgIpc) is 3.67. The topological polar surface area (TPSA) is 160 Å². The van der Waals surface area contributed by atoms with Gasteiger partial charge in [-0.15, -0.1) is 5.10 Å². The molecule has 3 amide bonds. The van der Waals surface area contributed by atoms with Gasteiger partial charge in [0.05, 0.1) is 23.0 Å². The second-order valence-electron chi connectivity index (χ2n) is 8.55. The van der Waals surface area contributed by atoms with E-state index in [2.05, 4.69) is 40.7 Å². The Morgan fingerprint density at radius 1 is 1.21 bits per heavy atom. The molecule has 0 spiro atoms. The fraction of sp³-hybridized carbons (Fsp3) is 0.125. The number of nitrogens with one attached hydrogen (secondary N) is 4. The highest BCUT2D eigenvalue weighted by Crippen LogP contribution is 2.36. The summed E-state index contributed by atoms with van der Waals surface area (Å²) in [5.74, 6) is -2.38. The molecule has 0 saturated heterocycles. The van der Waals surface area contributed by atoms with Gasteiger partial charge in [-0.2, -0.15) is 4.37 Å². The van der Waals surface area contributed by atoms with Crippen molar-refractivity contribution >= 4 is 56.8 Å². The van der Waals surface area contributed by atoms with Gasteiger partial charge in [-0.25, -0.2) is 9.37 Å². The monoisotopic (exact) mass is 565 g/mol. The molecule has 0 unspecified atom stereocenters. The zero-order chi connectivity index (χ0) is 27.1. The molecule has 0 aliphatic carbocycles. The number of benzene rings is 2. The third kappa shape index (κ3) is 4.59. The lowest BCUT2D eigenvalue weighted by atomic mass is 10.0. The SMILES string of the molecule is O=C1Cn2c(C(=O)NCc3c[nH]nn3)nc(NC(=O)c3nsc4ccccc34)c2[C@H](c2cc(F)ccc2Cl)N1. The lowest BCUT2D eigenvalue weighted by molar-refractivity contribution is -0.123. The maximum Gasteiger partial charge on any atom is 0.287 e. The quantitative estimate of drug-likeness (QED) is 0.246. The normalized spacial score (nSPS) is 14.6. The van der Waals surface area contributed by atoms with E-state index < -0.39 is 29.6 Å². The molecule has 5 aromatic rings. The molecule has 12 nitrogen and oxygen atoms in total. The van der Waals surface area contributed by atoms with E-state index in [0.29, 0.717) is 11.1 Å². The summed E-state index contributed by atoms with van der Waals surface area (Å²) in [5.41, 5.74) is 1.13. The molecule has 15 heteroatoms. The van der Waals surface area contributed by atoms with Gasteiger partial charge in [0.25, 0.3) is 11.8 Å². The predicted octanol–water partition coefficient (Wildman–Crippen LogP) is 2.80. The number of H-pyrrole nitrogens is 1. The second kappa shape index (κ2) is 9.89. The number of rotatable bonds is 6. The summed E-state index contributed by atoms with van der Waals surface area (Å²) < 4.78 is 20.7. The third-order valence-electron chi connectivity index (χ3n) is 6.08. The van der Waals surface area contributed by atoms with Crippen LogP contribution in [0.3, 0.4) is 0 Å². The molecule has 0 fully saturated rings. The molecule has 1 aliphatic heterocycles. The van der Waals surface area contributed by atoms with Crippen molar-refractivity contribution < 1.29 is 18.8 Å². The zero-order valence-electron chi connectivity index (χ0n) is 19.7. The molecule has 0 bridgehead atoms. The first-order chi connectivity index (χ1) is 18.9. The Balaban J connectivity index is 1.43. The number of carbonyl (C=O) groups is 3. The summed E-state index contributed by atoms with van der Waals surface area (Å²) in [7, 11) is 0. The van der Waals surface area contributed by atoms with E-state index in [0.717, 1.165) is 4.70 Å². The van der Waals surface area contributed by atoms with Crippen LogP contribution in [0.25, 0.3) is 10.1 Å². The van der Waals surface area contributed by atoms with Crippen LogP contribution in [0.15, 0.2) is 48.7 Å². The van der Waals surface area contributed by atoms with E-state index in [1.807, 2.05) is 12.1 Å². The van der Waals surface area contributed by atoms with Gasteiger partial charge < -0.3 is 20.5 Å². The van der Waals surface area contributed by atoms with E-state index in [1.54, 1.807) is 12.1 Å². The molecule has 1 aliphatic rings. The van der Waals surface area contributed by atoms with E-state index in [4.69, 9.17) is 11.6 Å². The Bertz CT molecular complexity index is 1750. The standard InChI is InChI=1S/C24H17ClFN9O3S/c25-15-6-5-11(26)7-14(15)18-20-21(31-23(37)19-13-3-1-2-4-16(13)39-33-19)30-22(35(20)10-17(36)29-18)24(38)27-8-12-9-28-34-32-12/h1-7,9,18H,8,10H2,(H,27,38)(H,29,36)(H,31,37)(H,28,32,34)/t18-/m0/s1. The van der Waals surface area contributed by atoms with Crippen molar-refractivity contribution in [3.63, 3.8) is 0 Å². The molecular formula is C24H17ClFN9O3S. The fourth-order valence-electron chi connectivity index (χ4n) is 4.34. The number of hydrogen-bond donors (Lipinski definition) is 4. The van der Waals surface area contributed by atoms with Crippen molar-refractivity contribution in [2.24, 2.45) is 0 Å². The van der Waals surface area contributed by atoms with Crippen LogP contribution in [-0.2, 0) is 17.9 Å². The van der Waals surface area contributed by atoms with E-state index >= 15 is 0 Å². The van der Waals surface area contributed by atoms with Crippen molar-refractivity contribution in [2.75, 3.05) is 5.32 Å². The van der Waals surface area contributed by atoms with Gasteiger partial charge in [0.2, 0.25) is 11.7 Å². The number of hydrogen-bond acceptors (Lipinski definition) is 8. The molecule has 3 aromatic heterocycles. The van der Waals surface area contributed by atoms with Crippen molar-refractivity contribution in [1.29, 1.82) is 0 Å². The Labute approximate surface area is 227 Å². The minimum atomic E-state index is -1.01. The number of aromatic nitrogens is 6. The average molecular weight is 566 g/mol. The lowest BCUT2D eigenvalue weighted by Gasteiger charge is -2.28. The second-order valence-corrected chi connectivity index (χ2v) is 9.76. The summed E-state index contributed by atoms with van der Waals surface area (Å²) in [6, 6.07) is 9.97. The van der Waals surface area contributed by atoms with E-state index in [9.17, 15) is 18.8 Å². The Kier molecular flexibility index (Phi) is 6.24. The molecule has 1 atom stereocenters. The molecule has 196 valence electrons. The molecule has 39 heavy (non-hydrogen) atoms. The fourth-order valence-corrected chi connectivity index (χ4v) is 5.34. The summed E-state index contributed by atoms with van der Waals surface area (Å²) in [6.45, 7) is -0.233. The van der Waals surface area contributed by atoms with Gasteiger partial charge in [-0.05, 0) is 35.8 Å². The van der Waals surface area contributed by atoms with Crippen LogP contribution >= 0.6 is 23.1 Å². The van der Waals surface area contributed by atoms with E-state index in [1.165, 1.54) is 40.5 Å². The minimum Gasteiger partial charge on any atom is -0.344 e. The largest absolute Gasteiger partial charge is 0.344 e. The predicted molar refractivity (Wildman–Crippen MR) is 139 cm³/mol. The van der Waals surface area contributed by atoms with Gasteiger partial charge in [0.1, 0.15) is 23.7 Å². The third-order valence-corrected chi connectivity index (χ3v) is 7.25. The van der Waals surface area contributed by atoms with Crippen LogP contribution in [0.5, 0.6) is 0 Å². The summed E-state index contributed by atoms with van der Waals surface area (Å²) in [6.07, 6.45) is 1.51. The van der Waals surface area contributed by atoms with Gasteiger partial charge in [0.15, 0.2) is 5.82 Å². The van der Waals surface area contributed by atoms with Gasteiger partial charge in [-0.1, -0.05) is 35.0 Å². The summed E-state index contributed by atoms with van der Waals surface area (Å²) >= 11 is 7.55. The first kappa shape index (κ1) is 24.6. The van der Waals surface area contributed by atoms with Crippen LogP contribution in [0.1, 0.15) is 44.1 Å². The maximum absolute atomic E-state index is 14.2. The van der Waals surface area contributed by atoms with Crippen LogP contribution < -0.4 is 16.0 Å². The molecular weight excluding hydrogens is 549 g/mol. The Morgan fingerprint density at radius 3 is 2.87 bits per heavy atom. The molecule has 6 rings (SSSR count). The van der Waals surface area contributed by atoms with Crippen molar-refractivity contribution in [3.8, 4) is 0 Å². The van der Waals surface area contributed by atoms with Crippen molar-refractivity contribution in [2.45, 2.75) is 19.1 Å². The number of nitrogens with zero attached hydrogens (tertiary/aromatic N) is 5. The summed E-state index contributed by atoms with van der Waals surface area (Å²) in [5, 5.41) is 19.0. The molecule has 0 saturated carbocycles. The number of fused-ring (bicyclic) bond motifs is 2. The zero-order valence-corrected chi connectivity index (χ0v) is 21.3. The highest BCUT2D eigenvalue weighted by molar-refractivity contribution is 7.13. The number of halogens is 2. The van der Waals surface area contributed by atoms with Crippen LogP contribution in [0, 0.1) is 5.82 Å². The highest BCUT2D eigenvalue weighted by Gasteiger charge is 2.36. The highest BCUT2D eigenvalue weighted by atomic mass is 35.5. The molecule has 0 radical (unpaired) electrons. The summed E-state index contributed by atoms with van der Waals surface area (Å²) in [4.78, 5) is 43.7. The Hall–Kier alpha value is -4.69.